The molecule has 3 N–H and O–H groups in total. The van der Waals surface area contributed by atoms with Crippen LogP contribution in [-0.4, -0.2) is 23.6 Å². The van der Waals surface area contributed by atoms with Crippen molar-refractivity contribution in [2.75, 3.05) is 4.72 Å². The van der Waals surface area contributed by atoms with Gasteiger partial charge in [0, 0.05) is 24.0 Å². The molecule has 2 heterocycles. The van der Waals surface area contributed by atoms with Gasteiger partial charge in [-0.25, -0.2) is 8.42 Å². The molecule has 90 valence electrons. The molecular weight excluding hydrogens is 244 g/mol. The second-order valence-electron chi connectivity index (χ2n) is 3.41. The van der Waals surface area contributed by atoms with Crippen LogP contribution in [0.15, 0.2) is 34.3 Å². The van der Waals surface area contributed by atoms with Crippen LogP contribution in [0.2, 0.25) is 0 Å². The van der Waals surface area contributed by atoms with Gasteiger partial charge in [-0.3, -0.25) is 14.6 Å². The molecule has 0 saturated heterocycles. The fourth-order valence-corrected chi connectivity index (χ4v) is 2.39. The number of aryl methyl sites for hydroxylation is 1. The van der Waals surface area contributed by atoms with Gasteiger partial charge >= 0.3 is 0 Å². The molecule has 0 aliphatic carbocycles. The fraction of sp³-hybridized carbons (Fsp3) is 0.111. The second kappa shape index (κ2) is 4.06. The van der Waals surface area contributed by atoms with Gasteiger partial charge in [-0.1, -0.05) is 0 Å². The number of aromatic amines is 2. The average molecular weight is 254 g/mol. The summed E-state index contributed by atoms with van der Waals surface area (Å²) in [5.41, 5.74) is 0.0642. The van der Waals surface area contributed by atoms with Crippen LogP contribution in [0.5, 0.6) is 0 Å². The quantitative estimate of drug-likeness (QED) is 0.727. The van der Waals surface area contributed by atoms with Gasteiger partial charge in [0.25, 0.3) is 10.0 Å². The Balaban J connectivity index is 2.43. The first-order valence-electron chi connectivity index (χ1n) is 4.70. The van der Waals surface area contributed by atoms with Crippen molar-refractivity contribution in [1.82, 2.24) is 15.2 Å². The Morgan fingerprint density at radius 2 is 2.18 bits per heavy atom. The number of nitrogens with zero attached hydrogens (tertiary/aromatic N) is 1. The number of nitrogens with one attached hydrogen (secondary N) is 3. The fourth-order valence-electron chi connectivity index (χ4n) is 1.25. The lowest BCUT2D eigenvalue weighted by atomic mass is 10.4. The molecule has 0 spiro atoms. The molecule has 0 aliphatic rings. The largest absolute Gasteiger partial charge is 0.366 e. The first-order valence-corrected chi connectivity index (χ1v) is 6.19. The van der Waals surface area contributed by atoms with Crippen LogP contribution < -0.4 is 10.2 Å². The molecule has 0 unspecified atom stereocenters. The predicted molar refractivity (Wildman–Crippen MR) is 61.2 cm³/mol. The van der Waals surface area contributed by atoms with Gasteiger partial charge in [-0.05, 0) is 6.92 Å². The summed E-state index contributed by atoms with van der Waals surface area (Å²) < 4.78 is 26.0. The maximum atomic E-state index is 11.9. The number of pyridine rings is 1. The lowest BCUT2D eigenvalue weighted by Gasteiger charge is -2.05. The highest BCUT2D eigenvalue weighted by Crippen LogP contribution is 2.13. The van der Waals surface area contributed by atoms with Crippen molar-refractivity contribution in [3.8, 4) is 0 Å². The summed E-state index contributed by atoms with van der Waals surface area (Å²) in [5.74, 6) is 0.244. The van der Waals surface area contributed by atoms with Crippen molar-refractivity contribution in [2.45, 2.75) is 11.8 Å². The van der Waals surface area contributed by atoms with E-state index in [9.17, 15) is 13.2 Å². The monoisotopic (exact) mass is 254 g/mol. The highest BCUT2D eigenvalue weighted by molar-refractivity contribution is 7.92. The van der Waals surface area contributed by atoms with E-state index in [1.54, 1.807) is 6.92 Å². The third-order valence-electron chi connectivity index (χ3n) is 2.14. The molecule has 2 aromatic heterocycles. The minimum atomic E-state index is -3.90. The Kier molecular flexibility index (Phi) is 2.72. The number of H-pyrrole nitrogens is 2. The summed E-state index contributed by atoms with van der Waals surface area (Å²) >= 11 is 0. The van der Waals surface area contributed by atoms with Crippen LogP contribution >= 0.6 is 0 Å². The van der Waals surface area contributed by atoms with Crippen LogP contribution in [0.3, 0.4) is 0 Å². The van der Waals surface area contributed by atoms with E-state index < -0.39 is 15.5 Å². The van der Waals surface area contributed by atoms with E-state index in [0.717, 1.165) is 12.3 Å². The maximum Gasteiger partial charge on any atom is 0.268 e. The number of aromatic nitrogens is 3. The molecule has 0 amide bonds. The molecule has 8 heteroatoms. The first-order chi connectivity index (χ1) is 8.00. The molecular formula is C9H10N4O3S. The molecule has 0 radical (unpaired) electrons. The van der Waals surface area contributed by atoms with Gasteiger partial charge in [-0.2, -0.15) is 5.10 Å². The zero-order valence-corrected chi connectivity index (χ0v) is 9.71. The molecule has 0 aromatic carbocycles. The molecule has 2 rings (SSSR count). The summed E-state index contributed by atoms with van der Waals surface area (Å²) in [6.45, 7) is 1.69. The van der Waals surface area contributed by atoms with Crippen LogP contribution in [0.1, 0.15) is 5.56 Å². The average Bonchev–Trinajstić information content (AvgIpc) is 2.64. The minimum absolute atomic E-state index is 0.244. The number of rotatable bonds is 3. The van der Waals surface area contributed by atoms with Crippen LogP contribution in [-0.2, 0) is 10.0 Å². The van der Waals surface area contributed by atoms with Crippen LogP contribution in [0.4, 0.5) is 5.82 Å². The molecule has 17 heavy (non-hydrogen) atoms. The molecule has 0 atom stereocenters. The minimum Gasteiger partial charge on any atom is -0.366 e. The van der Waals surface area contributed by atoms with E-state index in [-0.39, 0.29) is 10.7 Å². The Morgan fingerprint density at radius 1 is 1.41 bits per heavy atom. The first kappa shape index (κ1) is 11.4. The van der Waals surface area contributed by atoms with Gasteiger partial charge in [0.1, 0.15) is 5.82 Å². The van der Waals surface area contributed by atoms with E-state index in [2.05, 4.69) is 19.9 Å². The van der Waals surface area contributed by atoms with Gasteiger partial charge in [-0.15, -0.1) is 0 Å². The van der Waals surface area contributed by atoms with Crippen LogP contribution in [0, 0.1) is 6.92 Å². The summed E-state index contributed by atoms with van der Waals surface area (Å²) in [5, 5.41) is 6.18. The maximum absolute atomic E-state index is 11.9. The third-order valence-corrected chi connectivity index (χ3v) is 3.51. The van der Waals surface area contributed by atoms with Crippen molar-refractivity contribution < 1.29 is 8.42 Å². The predicted octanol–water partition coefficient (Wildman–Crippen LogP) is 0.207. The molecule has 0 saturated carbocycles. The second-order valence-corrected chi connectivity index (χ2v) is 5.06. The Hall–Kier alpha value is -2.09. The van der Waals surface area contributed by atoms with E-state index >= 15 is 0 Å². The zero-order chi connectivity index (χ0) is 12.5. The Labute approximate surface area is 96.9 Å². The summed E-state index contributed by atoms with van der Waals surface area (Å²) in [7, 11) is -3.90. The van der Waals surface area contributed by atoms with Gasteiger partial charge in [0.2, 0.25) is 5.43 Å². The summed E-state index contributed by atoms with van der Waals surface area (Å²) in [6.07, 6.45) is 3.98. The lowest BCUT2D eigenvalue weighted by molar-refractivity contribution is 0.600. The van der Waals surface area contributed by atoms with Gasteiger partial charge < -0.3 is 4.98 Å². The van der Waals surface area contributed by atoms with E-state index in [1.165, 1.54) is 12.4 Å². The van der Waals surface area contributed by atoms with Gasteiger partial charge in [0.15, 0.2) is 4.90 Å². The SMILES string of the molecule is Cc1cn[nH]c1NS(=O)(=O)c1c[nH]ccc1=O. The number of anilines is 1. The summed E-state index contributed by atoms with van der Waals surface area (Å²) in [6, 6.07) is 1.15. The number of sulfonamides is 1. The van der Waals surface area contributed by atoms with Crippen molar-refractivity contribution in [1.29, 1.82) is 0 Å². The highest BCUT2D eigenvalue weighted by atomic mass is 32.2. The van der Waals surface area contributed by atoms with E-state index in [1.807, 2.05) is 0 Å². The van der Waals surface area contributed by atoms with E-state index in [0.29, 0.717) is 5.56 Å². The Bertz CT molecular complexity index is 686. The topological polar surface area (TPSA) is 108 Å². The molecule has 0 aliphatic heterocycles. The molecule has 7 nitrogen and oxygen atoms in total. The van der Waals surface area contributed by atoms with Crippen molar-refractivity contribution in [2.24, 2.45) is 0 Å². The van der Waals surface area contributed by atoms with E-state index in [4.69, 9.17) is 0 Å². The standard InChI is InChI=1S/C9H10N4O3S/c1-6-4-11-12-9(6)13-17(15,16)8-5-10-3-2-7(8)14/h2-5H,1H3,(H,10,14)(H2,11,12,13). The Morgan fingerprint density at radius 3 is 2.76 bits per heavy atom. The van der Waals surface area contributed by atoms with Crippen molar-refractivity contribution in [3.05, 3.63) is 40.4 Å². The van der Waals surface area contributed by atoms with Gasteiger partial charge in [0.05, 0.1) is 6.20 Å². The zero-order valence-electron chi connectivity index (χ0n) is 8.89. The van der Waals surface area contributed by atoms with Crippen molar-refractivity contribution >= 4 is 15.8 Å². The molecule has 2 aromatic rings. The van der Waals surface area contributed by atoms with Crippen LogP contribution in [0.25, 0.3) is 0 Å². The molecule has 0 bridgehead atoms. The summed E-state index contributed by atoms with van der Waals surface area (Å²) in [4.78, 5) is 13.6. The number of hydrogen-bond donors (Lipinski definition) is 3. The normalized spacial score (nSPS) is 11.4. The highest BCUT2D eigenvalue weighted by Gasteiger charge is 2.19. The third kappa shape index (κ3) is 2.21. The smallest absolute Gasteiger partial charge is 0.268 e. The number of hydrogen-bond acceptors (Lipinski definition) is 4. The van der Waals surface area contributed by atoms with Crippen molar-refractivity contribution in [3.63, 3.8) is 0 Å². The lowest BCUT2D eigenvalue weighted by Crippen LogP contribution is -2.21. The molecule has 0 fully saturated rings.